The van der Waals surface area contributed by atoms with Crippen molar-refractivity contribution in [1.29, 1.82) is 0 Å². The van der Waals surface area contributed by atoms with Crippen LogP contribution in [-0.4, -0.2) is 38.1 Å². The molecule has 0 fully saturated rings. The number of carboxylic acid groups (broad SMARTS) is 1. The van der Waals surface area contributed by atoms with Gasteiger partial charge in [-0.1, -0.05) is 6.07 Å². The number of aromatic carboxylic acids is 1. The first-order valence-corrected chi connectivity index (χ1v) is 5.63. The highest BCUT2D eigenvalue weighted by atomic mass is 16.7. The Hall–Kier alpha value is -2.08. The van der Waals surface area contributed by atoms with Gasteiger partial charge in [0.15, 0.2) is 6.79 Å². The van der Waals surface area contributed by atoms with E-state index in [1.807, 2.05) is 0 Å². The summed E-state index contributed by atoms with van der Waals surface area (Å²) >= 11 is 0. The molecule has 0 atom stereocenters. The van der Waals surface area contributed by atoms with Gasteiger partial charge in [0.25, 0.3) is 0 Å². The van der Waals surface area contributed by atoms with Gasteiger partial charge in [-0.25, -0.2) is 4.79 Å². The van der Waals surface area contributed by atoms with E-state index in [9.17, 15) is 9.59 Å². The van der Waals surface area contributed by atoms with Crippen LogP contribution in [0.5, 0.6) is 5.75 Å². The van der Waals surface area contributed by atoms with Crippen LogP contribution in [0.4, 0.5) is 0 Å². The molecule has 104 valence electrons. The van der Waals surface area contributed by atoms with Crippen LogP contribution in [0.25, 0.3) is 0 Å². The number of carbonyl (C=O) groups is 2. The van der Waals surface area contributed by atoms with E-state index in [0.717, 1.165) is 0 Å². The minimum Gasteiger partial charge on any atom is -0.478 e. The molecule has 0 heterocycles. The molecule has 0 saturated carbocycles. The summed E-state index contributed by atoms with van der Waals surface area (Å²) in [7, 11) is 2.77. The zero-order valence-corrected chi connectivity index (χ0v) is 10.8. The topological polar surface area (TPSA) is 82.1 Å². The van der Waals surface area contributed by atoms with Gasteiger partial charge < -0.3 is 19.3 Å². The maximum atomic E-state index is 11.2. The van der Waals surface area contributed by atoms with Gasteiger partial charge in [0.2, 0.25) is 0 Å². The highest BCUT2D eigenvalue weighted by Crippen LogP contribution is 2.19. The van der Waals surface area contributed by atoms with Crippen LogP contribution in [0.1, 0.15) is 22.3 Å². The summed E-state index contributed by atoms with van der Waals surface area (Å²) < 4.78 is 14.4. The second-order valence-corrected chi connectivity index (χ2v) is 3.75. The molecule has 6 heteroatoms. The zero-order valence-electron chi connectivity index (χ0n) is 10.8. The number of esters is 1. The predicted octanol–water partition coefficient (Wildman–Crippen LogP) is 1.47. The largest absolute Gasteiger partial charge is 0.478 e. The van der Waals surface area contributed by atoms with Crippen LogP contribution in [0.3, 0.4) is 0 Å². The predicted molar refractivity (Wildman–Crippen MR) is 66.2 cm³/mol. The molecule has 0 amide bonds. The quantitative estimate of drug-likeness (QED) is 0.595. The molecule has 0 aromatic heterocycles. The molecule has 0 aliphatic heterocycles. The molecule has 0 spiro atoms. The molecule has 1 N–H and O–H groups in total. The van der Waals surface area contributed by atoms with Crippen molar-refractivity contribution in [2.45, 2.75) is 12.8 Å². The van der Waals surface area contributed by atoms with Crippen molar-refractivity contribution in [2.24, 2.45) is 0 Å². The number of carboxylic acids is 1. The van der Waals surface area contributed by atoms with E-state index in [1.54, 1.807) is 12.1 Å². The van der Waals surface area contributed by atoms with Crippen molar-refractivity contribution >= 4 is 11.9 Å². The van der Waals surface area contributed by atoms with Gasteiger partial charge in [-0.05, 0) is 24.1 Å². The Balaban J connectivity index is 2.85. The maximum absolute atomic E-state index is 11.2. The Morgan fingerprint density at radius 1 is 1.26 bits per heavy atom. The standard InChI is InChI=1S/C13H16O6/c1-17-8-19-10-5-3-9(4-6-12(14)18-2)11(7-10)13(15)16/h3,5,7H,4,6,8H2,1-2H3,(H,15,16). The second kappa shape index (κ2) is 7.38. The summed E-state index contributed by atoms with van der Waals surface area (Å²) in [5.41, 5.74) is 0.667. The van der Waals surface area contributed by atoms with Crippen molar-refractivity contribution in [2.75, 3.05) is 21.0 Å². The normalized spacial score (nSPS) is 10.0. The molecule has 0 aliphatic rings. The number of benzene rings is 1. The monoisotopic (exact) mass is 268 g/mol. The number of rotatable bonds is 7. The highest BCUT2D eigenvalue weighted by Gasteiger charge is 2.13. The first kappa shape index (κ1) is 15.0. The van der Waals surface area contributed by atoms with E-state index in [0.29, 0.717) is 17.7 Å². The Morgan fingerprint density at radius 3 is 2.58 bits per heavy atom. The van der Waals surface area contributed by atoms with E-state index in [4.69, 9.17) is 14.6 Å². The van der Waals surface area contributed by atoms with Crippen molar-refractivity contribution < 1.29 is 28.9 Å². The molecule has 1 rings (SSSR count). The third-order valence-electron chi connectivity index (χ3n) is 2.48. The highest BCUT2D eigenvalue weighted by molar-refractivity contribution is 5.90. The van der Waals surface area contributed by atoms with Crippen LogP contribution in [-0.2, 0) is 20.7 Å². The molecule has 0 aliphatic carbocycles. The van der Waals surface area contributed by atoms with Crippen molar-refractivity contribution in [3.63, 3.8) is 0 Å². The van der Waals surface area contributed by atoms with Crippen molar-refractivity contribution in [3.05, 3.63) is 29.3 Å². The second-order valence-electron chi connectivity index (χ2n) is 3.75. The van der Waals surface area contributed by atoms with Crippen molar-refractivity contribution in [1.82, 2.24) is 0 Å². The van der Waals surface area contributed by atoms with Crippen LogP contribution < -0.4 is 4.74 Å². The number of hydrogen-bond acceptors (Lipinski definition) is 5. The van der Waals surface area contributed by atoms with Crippen molar-refractivity contribution in [3.8, 4) is 5.75 Å². The van der Waals surface area contributed by atoms with Gasteiger partial charge in [0.05, 0.1) is 12.7 Å². The molecule has 1 aromatic carbocycles. The number of aryl methyl sites for hydroxylation is 1. The molecular formula is C13H16O6. The first-order valence-electron chi connectivity index (χ1n) is 5.63. The third kappa shape index (κ3) is 4.59. The lowest BCUT2D eigenvalue weighted by atomic mass is 10.0. The summed E-state index contributed by atoms with van der Waals surface area (Å²) in [5, 5.41) is 9.13. The Kier molecular flexibility index (Phi) is 5.81. The summed E-state index contributed by atoms with van der Waals surface area (Å²) in [6.07, 6.45) is 0.438. The lowest BCUT2D eigenvalue weighted by molar-refractivity contribution is -0.140. The van der Waals surface area contributed by atoms with Gasteiger partial charge in [-0.3, -0.25) is 4.79 Å². The Labute approximate surface area is 110 Å². The van der Waals surface area contributed by atoms with Crippen LogP contribution in [0.15, 0.2) is 18.2 Å². The van der Waals surface area contributed by atoms with E-state index < -0.39 is 5.97 Å². The lowest BCUT2D eigenvalue weighted by Gasteiger charge is -2.09. The number of hydrogen-bond donors (Lipinski definition) is 1. The fraction of sp³-hybridized carbons (Fsp3) is 0.385. The lowest BCUT2D eigenvalue weighted by Crippen LogP contribution is -2.08. The molecule has 0 saturated heterocycles. The summed E-state index contributed by atoms with van der Waals surface area (Å²) in [4.78, 5) is 22.2. The molecule has 0 bridgehead atoms. The Morgan fingerprint density at radius 2 is 2.00 bits per heavy atom. The van der Waals surface area contributed by atoms with E-state index >= 15 is 0 Å². The fourth-order valence-electron chi connectivity index (χ4n) is 1.53. The average molecular weight is 268 g/mol. The average Bonchev–Trinajstić information content (AvgIpc) is 2.42. The SMILES string of the molecule is COCOc1ccc(CCC(=O)OC)c(C(=O)O)c1. The van der Waals surface area contributed by atoms with Crippen LogP contribution >= 0.6 is 0 Å². The first-order chi connectivity index (χ1) is 9.08. The molecule has 0 radical (unpaired) electrons. The number of ether oxygens (including phenoxy) is 3. The van der Waals surface area contributed by atoms with E-state index in [-0.39, 0.29) is 24.7 Å². The molecular weight excluding hydrogens is 252 g/mol. The maximum Gasteiger partial charge on any atom is 0.336 e. The van der Waals surface area contributed by atoms with Crippen LogP contribution in [0.2, 0.25) is 0 Å². The van der Waals surface area contributed by atoms with Crippen LogP contribution in [0, 0.1) is 0 Å². The smallest absolute Gasteiger partial charge is 0.336 e. The number of methoxy groups -OCH3 is 2. The summed E-state index contributed by atoms with van der Waals surface area (Å²) in [5.74, 6) is -1.04. The minimum absolute atomic E-state index is 0.0422. The van der Waals surface area contributed by atoms with Gasteiger partial charge >= 0.3 is 11.9 Å². The summed E-state index contributed by atoms with van der Waals surface area (Å²) in [6, 6.07) is 4.67. The molecule has 19 heavy (non-hydrogen) atoms. The zero-order chi connectivity index (χ0) is 14.3. The van der Waals surface area contributed by atoms with E-state index in [1.165, 1.54) is 20.3 Å². The fourth-order valence-corrected chi connectivity index (χ4v) is 1.53. The Bertz CT molecular complexity index is 454. The number of carbonyl (C=O) groups excluding carboxylic acids is 1. The molecule has 1 aromatic rings. The van der Waals surface area contributed by atoms with Gasteiger partial charge in [0, 0.05) is 13.5 Å². The van der Waals surface area contributed by atoms with E-state index in [2.05, 4.69) is 4.74 Å². The third-order valence-corrected chi connectivity index (χ3v) is 2.48. The molecule has 6 nitrogen and oxygen atoms in total. The molecule has 0 unspecified atom stereocenters. The van der Waals surface area contributed by atoms with Gasteiger partial charge in [-0.15, -0.1) is 0 Å². The summed E-state index contributed by atoms with van der Waals surface area (Å²) in [6.45, 7) is 0.0422. The van der Waals surface area contributed by atoms with Gasteiger partial charge in [0.1, 0.15) is 5.75 Å². The minimum atomic E-state index is -1.07. The van der Waals surface area contributed by atoms with Gasteiger partial charge in [-0.2, -0.15) is 0 Å².